The maximum Gasteiger partial charge on any atom is 0.315 e. The van der Waals surface area contributed by atoms with Crippen molar-refractivity contribution < 1.29 is 8.83 Å². The number of anilines is 1. The molecule has 6 heteroatoms. The van der Waals surface area contributed by atoms with E-state index in [1.807, 2.05) is 13.0 Å². The molecule has 2 fully saturated rings. The molecule has 1 saturated carbocycles. The number of hydrogen-bond donors (Lipinski definition) is 1. The predicted octanol–water partition coefficient (Wildman–Crippen LogP) is 3.17. The number of rotatable bonds is 6. The van der Waals surface area contributed by atoms with Crippen molar-refractivity contribution in [3.63, 3.8) is 0 Å². The molecule has 2 aromatic rings. The van der Waals surface area contributed by atoms with Crippen LogP contribution in [0.25, 0.3) is 0 Å². The first-order chi connectivity index (χ1) is 11.3. The monoisotopic (exact) mass is 316 g/mol. The average Bonchev–Trinajstić information content (AvgIpc) is 3.17. The van der Waals surface area contributed by atoms with Gasteiger partial charge in [-0.05, 0) is 63.7 Å². The highest BCUT2D eigenvalue weighted by Crippen LogP contribution is 2.39. The molecule has 0 amide bonds. The minimum Gasteiger partial charge on any atom is -0.465 e. The summed E-state index contributed by atoms with van der Waals surface area (Å²) < 4.78 is 11.3. The van der Waals surface area contributed by atoms with Gasteiger partial charge in [0, 0.05) is 12.5 Å². The van der Waals surface area contributed by atoms with E-state index in [1.54, 1.807) is 0 Å². The van der Waals surface area contributed by atoms with Gasteiger partial charge in [-0.2, -0.15) is 0 Å². The maximum absolute atomic E-state index is 5.66. The number of nitrogens with zero attached hydrogens (tertiary/aromatic N) is 3. The molecule has 3 heterocycles. The first-order valence-corrected chi connectivity index (χ1v) is 8.61. The van der Waals surface area contributed by atoms with Crippen LogP contribution in [-0.4, -0.2) is 34.7 Å². The van der Waals surface area contributed by atoms with Crippen LogP contribution in [0.3, 0.4) is 0 Å². The molecule has 0 spiro atoms. The summed E-state index contributed by atoms with van der Waals surface area (Å²) in [6.45, 7) is 6.06. The largest absolute Gasteiger partial charge is 0.465 e. The second-order valence-corrected chi connectivity index (χ2v) is 6.83. The van der Waals surface area contributed by atoms with E-state index < -0.39 is 0 Å². The molecule has 1 saturated heterocycles. The highest BCUT2D eigenvalue weighted by Gasteiger charge is 2.29. The van der Waals surface area contributed by atoms with E-state index in [-0.39, 0.29) is 0 Å². The second kappa shape index (κ2) is 6.35. The minimum absolute atomic E-state index is 0.520. The van der Waals surface area contributed by atoms with Crippen LogP contribution < -0.4 is 5.32 Å². The lowest BCUT2D eigenvalue weighted by atomic mass is 9.97. The topological polar surface area (TPSA) is 67.3 Å². The summed E-state index contributed by atoms with van der Waals surface area (Å²) in [5, 5.41) is 11.5. The van der Waals surface area contributed by atoms with Crippen LogP contribution in [0.4, 0.5) is 6.01 Å². The lowest BCUT2D eigenvalue weighted by molar-refractivity contribution is 0.170. The summed E-state index contributed by atoms with van der Waals surface area (Å²) in [6.07, 6.45) is 4.76. The molecule has 0 unspecified atom stereocenters. The van der Waals surface area contributed by atoms with Crippen molar-refractivity contribution in [2.75, 3.05) is 25.0 Å². The second-order valence-electron chi connectivity index (χ2n) is 6.83. The van der Waals surface area contributed by atoms with E-state index in [0.29, 0.717) is 17.9 Å². The zero-order valence-corrected chi connectivity index (χ0v) is 13.6. The lowest BCUT2D eigenvalue weighted by Crippen LogP contribution is -2.35. The number of furan rings is 1. The molecular weight excluding hydrogens is 292 g/mol. The molecule has 0 bridgehead atoms. The van der Waals surface area contributed by atoms with E-state index in [9.17, 15) is 0 Å². The third-order valence-electron chi connectivity index (χ3n) is 4.79. The van der Waals surface area contributed by atoms with Crippen LogP contribution in [0.1, 0.15) is 49.0 Å². The Morgan fingerprint density at radius 2 is 1.96 bits per heavy atom. The van der Waals surface area contributed by atoms with Crippen LogP contribution in [0.2, 0.25) is 0 Å². The fourth-order valence-corrected chi connectivity index (χ4v) is 3.17. The van der Waals surface area contributed by atoms with Crippen molar-refractivity contribution in [2.45, 2.75) is 45.1 Å². The average molecular weight is 316 g/mol. The third kappa shape index (κ3) is 3.75. The molecule has 2 aromatic heterocycles. The zero-order valence-electron chi connectivity index (χ0n) is 13.6. The Labute approximate surface area is 136 Å². The molecule has 23 heavy (non-hydrogen) atoms. The standard InChI is InChI=1S/C17H24N4O2/c1-12-2-5-15(22-12)11-21-8-6-13(7-9-21)10-18-17-20-19-16(23-17)14-3-4-14/h2,5,13-14H,3-4,6-11H2,1H3,(H,18,20). The van der Waals surface area contributed by atoms with E-state index >= 15 is 0 Å². The van der Waals surface area contributed by atoms with Crippen LogP contribution in [-0.2, 0) is 6.54 Å². The van der Waals surface area contributed by atoms with Gasteiger partial charge in [-0.1, -0.05) is 5.10 Å². The van der Waals surface area contributed by atoms with Gasteiger partial charge < -0.3 is 14.2 Å². The summed E-state index contributed by atoms with van der Waals surface area (Å²) in [6, 6.07) is 4.70. The summed E-state index contributed by atoms with van der Waals surface area (Å²) in [5.41, 5.74) is 0. The maximum atomic E-state index is 5.66. The highest BCUT2D eigenvalue weighted by atomic mass is 16.4. The summed E-state index contributed by atoms with van der Waals surface area (Å²) >= 11 is 0. The fraction of sp³-hybridized carbons (Fsp3) is 0.647. The van der Waals surface area contributed by atoms with E-state index in [1.165, 1.54) is 25.7 Å². The Bertz CT molecular complexity index is 639. The van der Waals surface area contributed by atoms with E-state index in [0.717, 1.165) is 43.6 Å². The van der Waals surface area contributed by atoms with Crippen molar-refractivity contribution >= 4 is 6.01 Å². The molecule has 2 aliphatic rings. The molecule has 4 rings (SSSR count). The van der Waals surface area contributed by atoms with Crippen molar-refractivity contribution in [1.29, 1.82) is 0 Å². The predicted molar refractivity (Wildman–Crippen MR) is 86.2 cm³/mol. The van der Waals surface area contributed by atoms with Gasteiger partial charge >= 0.3 is 6.01 Å². The number of likely N-dealkylation sites (tertiary alicyclic amines) is 1. The lowest BCUT2D eigenvalue weighted by Gasteiger charge is -2.31. The molecule has 124 valence electrons. The van der Waals surface area contributed by atoms with Crippen molar-refractivity contribution in [3.05, 3.63) is 29.5 Å². The van der Waals surface area contributed by atoms with Gasteiger partial charge in [0.25, 0.3) is 0 Å². The van der Waals surface area contributed by atoms with Crippen molar-refractivity contribution in [3.8, 4) is 0 Å². The molecule has 6 nitrogen and oxygen atoms in total. The van der Waals surface area contributed by atoms with Crippen LogP contribution in [0.15, 0.2) is 21.0 Å². The van der Waals surface area contributed by atoms with E-state index in [2.05, 4.69) is 26.5 Å². The Balaban J connectivity index is 1.20. The summed E-state index contributed by atoms with van der Waals surface area (Å²) in [4.78, 5) is 2.46. The van der Waals surface area contributed by atoms with Gasteiger partial charge in [0.2, 0.25) is 5.89 Å². The quantitative estimate of drug-likeness (QED) is 0.883. The Kier molecular flexibility index (Phi) is 4.08. The zero-order chi connectivity index (χ0) is 15.6. The van der Waals surface area contributed by atoms with Gasteiger partial charge in [-0.25, -0.2) is 0 Å². The number of aryl methyl sites for hydroxylation is 1. The first-order valence-electron chi connectivity index (χ1n) is 8.61. The highest BCUT2D eigenvalue weighted by molar-refractivity contribution is 5.18. The van der Waals surface area contributed by atoms with Crippen LogP contribution in [0, 0.1) is 12.8 Å². The number of nitrogens with one attached hydrogen (secondary N) is 1. The number of hydrogen-bond acceptors (Lipinski definition) is 6. The Hall–Kier alpha value is -1.82. The molecule has 1 aliphatic heterocycles. The molecule has 1 N–H and O–H groups in total. The van der Waals surface area contributed by atoms with Crippen molar-refractivity contribution in [1.82, 2.24) is 15.1 Å². The van der Waals surface area contributed by atoms with Gasteiger partial charge in [0.1, 0.15) is 11.5 Å². The SMILES string of the molecule is Cc1ccc(CN2CCC(CNc3nnc(C4CC4)o3)CC2)o1. The third-order valence-corrected chi connectivity index (χ3v) is 4.79. The van der Waals surface area contributed by atoms with Crippen LogP contribution in [0.5, 0.6) is 0 Å². The Morgan fingerprint density at radius 1 is 1.13 bits per heavy atom. The molecule has 1 aliphatic carbocycles. The van der Waals surface area contributed by atoms with Crippen molar-refractivity contribution in [2.24, 2.45) is 5.92 Å². The van der Waals surface area contributed by atoms with Gasteiger partial charge in [-0.3, -0.25) is 4.90 Å². The van der Waals surface area contributed by atoms with Crippen LogP contribution >= 0.6 is 0 Å². The van der Waals surface area contributed by atoms with Gasteiger partial charge in [0.15, 0.2) is 0 Å². The molecular formula is C17H24N4O2. The summed E-state index contributed by atoms with van der Waals surface area (Å²) in [5.74, 6) is 4.05. The normalized spacial score (nSPS) is 20.0. The van der Waals surface area contributed by atoms with E-state index in [4.69, 9.17) is 8.83 Å². The number of piperidine rings is 1. The first kappa shape index (κ1) is 14.8. The minimum atomic E-state index is 0.520. The summed E-state index contributed by atoms with van der Waals surface area (Å²) in [7, 11) is 0. The molecule has 0 aromatic carbocycles. The smallest absolute Gasteiger partial charge is 0.315 e. The fourth-order valence-electron chi connectivity index (χ4n) is 3.17. The molecule has 0 atom stereocenters. The molecule has 0 radical (unpaired) electrons. The van der Waals surface area contributed by atoms with Gasteiger partial charge in [0.05, 0.1) is 6.54 Å². The number of aromatic nitrogens is 2. The van der Waals surface area contributed by atoms with Gasteiger partial charge in [-0.15, -0.1) is 5.10 Å². The Morgan fingerprint density at radius 3 is 2.65 bits per heavy atom.